The average Bonchev–Trinajstić information content (AvgIpc) is 3.15. The Morgan fingerprint density at radius 3 is 2.36 bits per heavy atom. The highest BCUT2D eigenvalue weighted by Crippen LogP contribution is 2.38. The minimum atomic E-state index is -0.442. The number of methoxy groups -OCH3 is 1. The zero-order chi connectivity index (χ0) is 39.3. The third kappa shape index (κ3) is 10.0. The number of carbonyl (C=O) groups excluding carboxylic acids is 3. The molecule has 14 heteroatoms. The first-order valence-electron chi connectivity index (χ1n) is 18.5. The molecule has 13 nitrogen and oxygen atoms in total. The largest absolute Gasteiger partial charge is 0.493 e. The molecule has 6 rings (SSSR count). The topological polar surface area (TPSA) is 138 Å². The Labute approximate surface area is 330 Å². The predicted octanol–water partition coefficient (Wildman–Crippen LogP) is 6.56. The van der Waals surface area contributed by atoms with Crippen molar-refractivity contribution in [1.82, 2.24) is 25.1 Å². The number of nitrogens with one attached hydrogen (secondary N) is 2. The number of imide groups is 1. The number of hydrogen-bond acceptors (Lipinski definition) is 10. The number of rotatable bonds is 14. The lowest BCUT2D eigenvalue weighted by Crippen LogP contribution is -2.57. The van der Waals surface area contributed by atoms with Gasteiger partial charge in [-0.1, -0.05) is 41.9 Å². The van der Waals surface area contributed by atoms with Crippen LogP contribution in [0.15, 0.2) is 65.1 Å². The monoisotopic (exact) mass is 815 g/mol. The number of hydrogen-bond donors (Lipinski definition) is 2. The van der Waals surface area contributed by atoms with Gasteiger partial charge in [-0.15, -0.1) is 0 Å². The van der Waals surface area contributed by atoms with Crippen molar-refractivity contribution in [2.45, 2.75) is 59.5 Å². The number of urea groups is 1. The summed E-state index contributed by atoms with van der Waals surface area (Å²) >= 11 is 3.54. The summed E-state index contributed by atoms with van der Waals surface area (Å²) in [5.41, 5.74) is 2.23. The molecule has 55 heavy (non-hydrogen) atoms. The molecule has 4 aromatic rings. The normalized spacial score (nSPS) is 15.5. The van der Waals surface area contributed by atoms with Crippen molar-refractivity contribution in [3.8, 4) is 17.2 Å². The van der Waals surface area contributed by atoms with Gasteiger partial charge in [0.25, 0.3) is 5.91 Å². The van der Waals surface area contributed by atoms with E-state index in [2.05, 4.69) is 76.3 Å². The van der Waals surface area contributed by atoms with Gasteiger partial charge in [0.15, 0.2) is 18.1 Å². The minimum absolute atomic E-state index is 0.0682. The molecule has 292 valence electrons. The zero-order valence-electron chi connectivity index (χ0n) is 32.4. The summed E-state index contributed by atoms with van der Waals surface area (Å²) in [6.07, 6.45) is 1.12. The van der Waals surface area contributed by atoms with E-state index in [1.807, 2.05) is 36.1 Å². The third-order valence-electron chi connectivity index (χ3n) is 10.0. The molecule has 2 saturated heterocycles. The van der Waals surface area contributed by atoms with Crippen molar-refractivity contribution in [1.29, 1.82) is 0 Å². The maximum Gasteiger partial charge on any atom is 0.328 e. The van der Waals surface area contributed by atoms with Crippen LogP contribution >= 0.6 is 15.9 Å². The van der Waals surface area contributed by atoms with E-state index >= 15 is 0 Å². The summed E-state index contributed by atoms with van der Waals surface area (Å²) in [7, 11) is 1.64. The molecule has 2 aliphatic rings. The Hall–Kier alpha value is -4.95. The Kier molecular flexibility index (Phi) is 12.2. The van der Waals surface area contributed by atoms with E-state index in [1.165, 1.54) is 4.90 Å². The van der Waals surface area contributed by atoms with Crippen molar-refractivity contribution in [3.63, 3.8) is 0 Å². The van der Waals surface area contributed by atoms with Crippen LogP contribution in [0.4, 0.5) is 16.3 Å². The SMILES string of the molecule is COc1cc2c(NCc3cccc(Br)c3)nc(C)nc2cc1OCC(C)(C)CC(C)(C)N1CCN(C(=O)COc2ccc(N3CCC(=O)NC3=O)cc2)CC1. The van der Waals surface area contributed by atoms with Crippen LogP contribution in [0.3, 0.4) is 0 Å². The van der Waals surface area contributed by atoms with Crippen molar-refractivity contribution >= 4 is 56.2 Å². The predicted molar refractivity (Wildman–Crippen MR) is 216 cm³/mol. The van der Waals surface area contributed by atoms with E-state index < -0.39 is 6.03 Å². The molecule has 0 spiro atoms. The number of benzene rings is 3. The first-order chi connectivity index (χ1) is 26.2. The number of aromatic nitrogens is 2. The number of ether oxygens (including phenoxy) is 3. The maximum absolute atomic E-state index is 13.1. The van der Waals surface area contributed by atoms with Crippen LogP contribution < -0.4 is 29.7 Å². The van der Waals surface area contributed by atoms with Gasteiger partial charge in [-0.2, -0.15) is 0 Å². The lowest BCUT2D eigenvalue weighted by Gasteiger charge is -2.47. The van der Waals surface area contributed by atoms with Gasteiger partial charge >= 0.3 is 6.03 Å². The van der Waals surface area contributed by atoms with E-state index in [9.17, 15) is 14.4 Å². The molecule has 3 heterocycles. The molecule has 0 radical (unpaired) electrons. The fraction of sp³-hybridized carbons (Fsp3) is 0.439. The van der Waals surface area contributed by atoms with Gasteiger partial charge in [-0.3, -0.25) is 24.7 Å². The Morgan fingerprint density at radius 1 is 0.927 bits per heavy atom. The van der Waals surface area contributed by atoms with Gasteiger partial charge in [-0.25, -0.2) is 14.8 Å². The fourth-order valence-corrected chi connectivity index (χ4v) is 7.88. The highest BCUT2D eigenvalue weighted by molar-refractivity contribution is 9.10. The van der Waals surface area contributed by atoms with Crippen LogP contribution in [0.5, 0.6) is 17.2 Å². The summed E-state index contributed by atoms with van der Waals surface area (Å²) in [6.45, 7) is 14.9. The number of amides is 4. The number of piperazine rings is 1. The van der Waals surface area contributed by atoms with Crippen LogP contribution in [0, 0.1) is 12.3 Å². The lowest BCUT2D eigenvalue weighted by molar-refractivity contribution is -0.136. The molecule has 4 amide bonds. The standard InChI is InChI=1S/C41H50BrN7O6/c1-27-44-33-22-35(34(53-6)21-32(33)38(45-27)43-23-28-8-7-9-29(42)20-28)55-26-40(2,3)25-41(4,5)48-18-16-47(17-19-48)37(51)24-54-31-12-10-30(11-13-31)49-15-14-36(50)46-39(49)52/h7-13,20-22H,14-19,23-26H2,1-6H3,(H,43,44,45)(H,46,50,52). The van der Waals surface area contributed by atoms with Crippen LogP contribution in [0.25, 0.3) is 10.9 Å². The summed E-state index contributed by atoms with van der Waals surface area (Å²) in [6, 6.07) is 18.5. The summed E-state index contributed by atoms with van der Waals surface area (Å²) in [5, 5.41) is 6.65. The molecule has 2 N–H and O–H groups in total. The smallest absolute Gasteiger partial charge is 0.328 e. The fourth-order valence-electron chi connectivity index (χ4n) is 7.43. The number of halogens is 1. The molecule has 0 bridgehead atoms. The van der Waals surface area contributed by atoms with Gasteiger partial charge in [0.1, 0.15) is 17.4 Å². The second-order valence-electron chi connectivity index (χ2n) is 15.5. The number of nitrogens with zero attached hydrogens (tertiary/aromatic N) is 5. The van der Waals surface area contributed by atoms with Gasteiger partial charge < -0.3 is 24.4 Å². The minimum Gasteiger partial charge on any atom is -0.493 e. The molecule has 0 atom stereocenters. The van der Waals surface area contributed by atoms with Crippen molar-refractivity contribution in [2.24, 2.45) is 5.41 Å². The van der Waals surface area contributed by atoms with Crippen LogP contribution in [0.2, 0.25) is 0 Å². The van der Waals surface area contributed by atoms with E-state index in [1.54, 1.807) is 31.4 Å². The Balaban J connectivity index is 0.999. The molecule has 2 aliphatic heterocycles. The van der Waals surface area contributed by atoms with Gasteiger partial charge in [-0.05, 0) is 75.2 Å². The van der Waals surface area contributed by atoms with Crippen LogP contribution in [-0.2, 0) is 16.1 Å². The second kappa shape index (κ2) is 16.8. The quantitative estimate of drug-likeness (QED) is 0.144. The van der Waals surface area contributed by atoms with E-state index in [0.717, 1.165) is 46.3 Å². The summed E-state index contributed by atoms with van der Waals surface area (Å²) < 4.78 is 19.1. The van der Waals surface area contributed by atoms with E-state index in [-0.39, 0.29) is 35.8 Å². The number of aryl methyl sites for hydroxylation is 1. The van der Waals surface area contributed by atoms with Crippen molar-refractivity contribution in [3.05, 3.63) is 76.5 Å². The van der Waals surface area contributed by atoms with Crippen molar-refractivity contribution < 1.29 is 28.6 Å². The summed E-state index contributed by atoms with van der Waals surface area (Å²) in [5.74, 6) is 2.84. The molecular weight excluding hydrogens is 766 g/mol. The van der Waals surface area contributed by atoms with Gasteiger partial charge in [0.2, 0.25) is 5.91 Å². The van der Waals surface area contributed by atoms with E-state index in [0.29, 0.717) is 61.5 Å². The molecule has 0 unspecified atom stereocenters. The van der Waals surface area contributed by atoms with Gasteiger partial charge in [0.05, 0.1) is 19.2 Å². The lowest BCUT2D eigenvalue weighted by atomic mass is 9.79. The highest BCUT2D eigenvalue weighted by Gasteiger charge is 2.36. The molecule has 1 aromatic heterocycles. The zero-order valence-corrected chi connectivity index (χ0v) is 34.0. The van der Waals surface area contributed by atoms with Crippen molar-refractivity contribution in [2.75, 3.05) is 63.3 Å². The number of fused-ring (bicyclic) bond motifs is 1. The van der Waals surface area contributed by atoms with Gasteiger partial charge in [0, 0.05) is 78.3 Å². The molecular formula is C41H50BrN7O6. The maximum atomic E-state index is 13.1. The Bertz CT molecular complexity index is 2030. The Morgan fingerprint density at radius 2 is 1.67 bits per heavy atom. The first kappa shape index (κ1) is 39.7. The average molecular weight is 817 g/mol. The van der Waals surface area contributed by atoms with E-state index in [4.69, 9.17) is 19.2 Å². The molecule has 0 aliphatic carbocycles. The van der Waals surface area contributed by atoms with Crippen LogP contribution in [-0.4, -0.2) is 96.2 Å². The molecule has 0 saturated carbocycles. The molecule has 3 aromatic carbocycles. The second-order valence-corrected chi connectivity index (χ2v) is 16.4. The number of carbonyl (C=O) groups is 3. The highest BCUT2D eigenvalue weighted by atomic mass is 79.9. The first-order valence-corrected chi connectivity index (χ1v) is 19.3. The van der Waals surface area contributed by atoms with Crippen LogP contribution in [0.1, 0.15) is 51.9 Å². The summed E-state index contributed by atoms with van der Waals surface area (Å²) in [4.78, 5) is 51.9. The number of anilines is 2. The third-order valence-corrected chi connectivity index (χ3v) is 10.5. The molecule has 2 fully saturated rings.